The second-order valence-electron chi connectivity index (χ2n) is 5.99. The summed E-state index contributed by atoms with van der Waals surface area (Å²) in [7, 11) is 1.84. The molecule has 0 saturated heterocycles. The summed E-state index contributed by atoms with van der Waals surface area (Å²) in [4.78, 5) is 14.1. The van der Waals surface area contributed by atoms with Gasteiger partial charge in [-0.1, -0.05) is 34.1 Å². The van der Waals surface area contributed by atoms with E-state index in [9.17, 15) is 4.79 Å². The van der Waals surface area contributed by atoms with Crippen LogP contribution in [0.25, 0.3) is 0 Å². The number of nitrogens with zero attached hydrogens (tertiary/aromatic N) is 2. The van der Waals surface area contributed by atoms with E-state index < -0.39 is 0 Å². The Morgan fingerprint density at radius 3 is 2.61 bits per heavy atom. The zero-order valence-corrected chi connectivity index (χ0v) is 12.4. The fourth-order valence-corrected chi connectivity index (χ4v) is 1.81. The Hall–Kier alpha value is -1.32. The van der Waals surface area contributed by atoms with Crippen molar-refractivity contribution in [1.82, 2.24) is 15.1 Å². The number of carbonyl (C=O) groups is 1. The van der Waals surface area contributed by atoms with E-state index in [1.807, 2.05) is 13.1 Å². The van der Waals surface area contributed by atoms with Gasteiger partial charge < -0.3 is 4.90 Å². The molecule has 1 atom stereocenters. The summed E-state index contributed by atoms with van der Waals surface area (Å²) in [6, 6.07) is 2.02. The lowest BCUT2D eigenvalue weighted by molar-refractivity contribution is 0.0623. The van der Waals surface area contributed by atoms with Gasteiger partial charge in [0.15, 0.2) is 0 Å². The Morgan fingerprint density at radius 1 is 1.50 bits per heavy atom. The smallest absolute Gasteiger partial charge is 0.274 e. The third-order valence-corrected chi connectivity index (χ3v) is 3.52. The second kappa shape index (κ2) is 5.55. The largest absolute Gasteiger partial charge is 0.337 e. The first-order valence-electron chi connectivity index (χ1n) is 6.58. The number of hydrogen-bond donors (Lipinski definition) is 1. The van der Waals surface area contributed by atoms with E-state index in [-0.39, 0.29) is 17.4 Å². The molecule has 4 nitrogen and oxygen atoms in total. The number of nitrogens with one attached hydrogen (secondary N) is 1. The highest BCUT2D eigenvalue weighted by molar-refractivity contribution is 5.92. The van der Waals surface area contributed by atoms with Crippen molar-refractivity contribution in [2.24, 2.45) is 5.41 Å². The number of hydrogen-bond acceptors (Lipinski definition) is 2. The molecule has 0 fully saturated rings. The maximum absolute atomic E-state index is 12.3. The minimum atomic E-state index is -0.0176. The van der Waals surface area contributed by atoms with Gasteiger partial charge in [-0.25, -0.2) is 0 Å². The molecular weight excluding hydrogens is 226 g/mol. The van der Waals surface area contributed by atoms with Crippen LogP contribution in [0.2, 0.25) is 0 Å². The third-order valence-electron chi connectivity index (χ3n) is 3.52. The van der Waals surface area contributed by atoms with Crippen molar-refractivity contribution in [1.29, 1.82) is 0 Å². The monoisotopic (exact) mass is 251 g/mol. The van der Waals surface area contributed by atoms with Crippen molar-refractivity contribution >= 4 is 5.91 Å². The molecule has 0 aliphatic rings. The van der Waals surface area contributed by atoms with E-state index in [4.69, 9.17) is 0 Å². The summed E-state index contributed by atoms with van der Waals surface area (Å²) in [5, 5.41) is 7.03. The molecule has 4 heteroatoms. The van der Waals surface area contributed by atoms with Gasteiger partial charge in [-0.15, -0.1) is 0 Å². The number of carbonyl (C=O) groups excluding carboxylic acids is 1. The molecule has 0 aliphatic heterocycles. The fourth-order valence-electron chi connectivity index (χ4n) is 1.81. The zero-order valence-electron chi connectivity index (χ0n) is 12.4. The highest BCUT2D eigenvalue weighted by Crippen LogP contribution is 2.24. The average molecular weight is 251 g/mol. The zero-order chi connectivity index (χ0) is 13.9. The quantitative estimate of drug-likeness (QED) is 0.894. The molecule has 1 heterocycles. The maximum Gasteiger partial charge on any atom is 0.274 e. The van der Waals surface area contributed by atoms with Gasteiger partial charge in [-0.3, -0.25) is 9.89 Å². The molecule has 0 saturated carbocycles. The van der Waals surface area contributed by atoms with E-state index in [1.165, 1.54) is 0 Å². The Bertz CT molecular complexity index is 403. The van der Waals surface area contributed by atoms with Crippen LogP contribution in [-0.4, -0.2) is 34.1 Å². The predicted molar refractivity (Wildman–Crippen MR) is 73.6 cm³/mol. The van der Waals surface area contributed by atoms with Gasteiger partial charge in [0.05, 0.1) is 0 Å². The number of aromatic amines is 1. The SMILES string of the molecule is CCCc1cc(C(=O)N(C)[C@@H](C)C(C)(C)C)n[nH]1. The van der Waals surface area contributed by atoms with Gasteiger partial charge in [0.2, 0.25) is 0 Å². The van der Waals surface area contributed by atoms with E-state index in [0.717, 1.165) is 18.5 Å². The average Bonchev–Trinajstić information content (AvgIpc) is 2.74. The molecule has 0 radical (unpaired) electrons. The van der Waals surface area contributed by atoms with Crippen molar-refractivity contribution in [2.75, 3.05) is 7.05 Å². The van der Waals surface area contributed by atoms with Crippen LogP contribution in [0.4, 0.5) is 0 Å². The van der Waals surface area contributed by atoms with Crippen molar-refractivity contribution in [2.45, 2.75) is 53.5 Å². The van der Waals surface area contributed by atoms with Gasteiger partial charge in [0, 0.05) is 18.8 Å². The third kappa shape index (κ3) is 3.34. The normalized spacial score (nSPS) is 13.4. The molecule has 0 spiro atoms. The molecule has 1 N–H and O–H groups in total. The van der Waals surface area contributed by atoms with Crippen LogP contribution in [0.1, 0.15) is 57.2 Å². The van der Waals surface area contributed by atoms with Gasteiger partial charge >= 0.3 is 0 Å². The number of amides is 1. The first-order chi connectivity index (χ1) is 8.27. The van der Waals surface area contributed by atoms with Gasteiger partial charge in [-0.05, 0) is 24.8 Å². The van der Waals surface area contributed by atoms with Crippen LogP contribution in [0.15, 0.2) is 6.07 Å². The van der Waals surface area contributed by atoms with Gasteiger partial charge in [0.25, 0.3) is 5.91 Å². The lowest BCUT2D eigenvalue weighted by Crippen LogP contribution is -2.43. The first kappa shape index (κ1) is 14.7. The molecule has 18 heavy (non-hydrogen) atoms. The minimum absolute atomic E-state index is 0.0176. The van der Waals surface area contributed by atoms with Crippen LogP contribution < -0.4 is 0 Å². The first-order valence-corrected chi connectivity index (χ1v) is 6.58. The second-order valence-corrected chi connectivity index (χ2v) is 5.99. The molecule has 0 aliphatic carbocycles. The van der Waals surface area contributed by atoms with Crippen LogP contribution >= 0.6 is 0 Å². The van der Waals surface area contributed by atoms with Crippen LogP contribution in [0, 0.1) is 5.41 Å². The van der Waals surface area contributed by atoms with Gasteiger partial charge in [-0.2, -0.15) is 5.10 Å². The van der Waals surface area contributed by atoms with E-state index >= 15 is 0 Å². The molecule has 0 aromatic carbocycles. The molecule has 1 aromatic rings. The number of aryl methyl sites for hydroxylation is 1. The standard InChI is InChI=1S/C14H25N3O/c1-7-8-11-9-12(16-15-11)13(18)17(6)10(2)14(3,4)5/h9-10H,7-8H2,1-6H3,(H,15,16)/t10-/m0/s1. The molecule has 1 amide bonds. The molecule has 0 unspecified atom stereocenters. The van der Waals surface area contributed by atoms with Crippen LogP contribution in [0.5, 0.6) is 0 Å². The van der Waals surface area contributed by atoms with Crippen molar-refractivity contribution in [3.05, 3.63) is 17.5 Å². The highest BCUT2D eigenvalue weighted by Gasteiger charge is 2.28. The van der Waals surface area contributed by atoms with E-state index in [1.54, 1.807) is 4.90 Å². The summed E-state index contributed by atoms with van der Waals surface area (Å²) < 4.78 is 0. The summed E-state index contributed by atoms with van der Waals surface area (Å²) in [5.41, 5.74) is 1.60. The fraction of sp³-hybridized carbons (Fsp3) is 0.714. The van der Waals surface area contributed by atoms with E-state index in [2.05, 4.69) is 44.8 Å². The predicted octanol–water partition coefficient (Wildman–Crippen LogP) is 2.87. The molecule has 1 rings (SSSR count). The van der Waals surface area contributed by atoms with Crippen molar-refractivity contribution in [3.63, 3.8) is 0 Å². The molecular formula is C14H25N3O. The van der Waals surface area contributed by atoms with Crippen molar-refractivity contribution in [3.8, 4) is 0 Å². The molecule has 102 valence electrons. The Balaban J connectivity index is 2.80. The number of H-pyrrole nitrogens is 1. The Morgan fingerprint density at radius 2 is 2.11 bits per heavy atom. The topological polar surface area (TPSA) is 49.0 Å². The lowest BCUT2D eigenvalue weighted by atomic mass is 9.87. The highest BCUT2D eigenvalue weighted by atomic mass is 16.2. The molecule has 0 bridgehead atoms. The Kier molecular flexibility index (Phi) is 4.54. The van der Waals surface area contributed by atoms with Gasteiger partial charge in [0.1, 0.15) is 5.69 Å². The van der Waals surface area contributed by atoms with Crippen LogP contribution in [0.3, 0.4) is 0 Å². The summed E-state index contributed by atoms with van der Waals surface area (Å²) in [6.07, 6.45) is 1.98. The van der Waals surface area contributed by atoms with Crippen LogP contribution in [-0.2, 0) is 6.42 Å². The lowest BCUT2D eigenvalue weighted by Gasteiger charge is -2.34. The maximum atomic E-state index is 12.3. The summed E-state index contributed by atoms with van der Waals surface area (Å²) in [6.45, 7) is 10.6. The minimum Gasteiger partial charge on any atom is -0.337 e. The van der Waals surface area contributed by atoms with Crippen molar-refractivity contribution < 1.29 is 4.79 Å². The number of aromatic nitrogens is 2. The molecule has 1 aromatic heterocycles. The number of rotatable bonds is 4. The summed E-state index contributed by atoms with van der Waals surface area (Å²) in [5.74, 6) is -0.0176. The van der Waals surface area contributed by atoms with E-state index in [0.29, 0.717) is 5.69 Å². The summed E-state index contributed by atoms with van der Waals surface area (Å²) >= 11 is 0. The Labute approximate surface area is 110 Å².